The smallest absolute Gasteiger partial charge is 0.227 e. The molecule has 0 bridgehead atoms. The molecule has 0 aliphatic rings. The van der Waals surface area contributed by atoms with E-state index in [1.807, 2.05) is 30.3 Å². The topological polar surface area (TPSA) is 29.3 Å². The van der Waals surface area contributed by atoms with Crippen LogP contribution in [0.4, 0.5) is 17.1 Å². The molecule has 4 heteroatoms. The number of hydrogen-bond acceptors (Lipinski definition) is 3. The van der Waals surface area contributed by atoms with Crippen LogP contribution >= 0.6 is 0 Å². The molecule has 1 heterocycles. The molecule has 3 nitrogen and oxygen atoms in total. The fourth-order valence-electron chi connectivity index (χ4n) is 8.65. The van der Waals surface area contributed by atoms with E-state index in [0.717, 1.165) is 60.8 Å². The fourth-order valence-corrected chi connectivity index (χ4v) is 11.3. The van der Waals surface area contributed by atoms with E-state index in [2.05, 4.69) is 199 Å². The average molecular weight is 770 g/mol. The van der Waals surface area contributed by atoms with Crippen molar-refractivity contribution in [2.24, 2.45) is 0 Å². The lowest BCUT2D eigenvalue weighted by atomic mass is 9.95. The van der Waals surface area contributed by atoms with Crippen LogP contribution in [0.1, 0.15) is 0 Å². The second-order valence-corrected chi connectivity index (χ2v) is 17.4. The van der Waals surface area contributed by atoms with E-state index in [1.54, 1.807) is 0 Å². The predicted molar refractivity (Wildman–Crippen MR) is 250 cm³/mol. The summed E-state index contributed by atoms with van der Waals surface area (Å²) in [5, 5.41) is 10.9. The van der Waals surface area contributed by atoms with Crippen LogP contribution in [0.25, 0.3) is 66.0 Å². The normalized spacial score (nSPS) is 11.5. The van der Waals surface area contributed by atoms with Gasteiger partial charge >= 0.3 is 0 Å². The van der Waals surface area contributed by atoms with Crippen LogP contribution in [0.2, 0.25) is 0 Å². The van der Waals surface area contributed by atoms with Crippen LogP contribution in [0.3, 0.4) is 0 Å². The zero-order valence-electron chi connectivity index (χ0n) is 32.2. The highest BCUT2D eigenvalue weighted by Crippen LogP contribution is 2.44. The summed E-state index contributed by atoms with van der Waals surface area (Å²) in [6, 6.07) is 81.0. The minimum Gasteiger partial charge on any atom is -0.435 e. The molecular formula is C55H37N2OSi. The molecule has 0 amide bonds. The van der Waals surface area contributed by atoms with Crippen molar-refractivity contribution in [3.8, 4) is 22.6 Å². The molecule has 11 rings (SSSR count). The zero-order chi connectivity index (χ0) is 39.1. The summed E-state index contributed by atoms with van der Waals surface area (Å²) < 4.78 is 6.67. The first-order chi connectivity index (χ1) is 29.3. The van der Waals surface area contributed by atoms with Gasteiger partial charge in [-0.15, -0.1) is 0 Å². The Bertz CT molecular complexity index is 3240. The van der Waals surface area contributed by atoms with Crippen molar-refractivity contribution in [2.45, 2.75) is 0 Å². The van der Waals surface area contributed by atoms with Gasteiger partial charge in [0.15, 0.2) is 14.4 Å². The van der Waals surface area contributed by atoms with E-state index in [1.165, 1.54) is 31.9 Å². The first kappa shape index (κ1) is 34.7. The van der Waals surface area contributed by atoms with Gasteiger partial charge in [0.1, 0.15) is 5.52 Å². The third kappa shape index (κ3) is 6.27. The molecule has 0 N–H and O–H groups in total. The van der Waals surface area contributed by atoms with Crippen LogP contribution in [0.5, 0.6) is 0 Å². The maximum absolute atomic E-state index is 6.67. The Morgan fingerprint density at radius 2 is 0.983 bits per heavy atom. The van der Waals surface area contributed by atoms with Gasteiger partial charge < -0.3 is 9.32 Å². The van der Waals surface area contributed by atoms with Gasteiger partial charge in [0.05, 0.1) is 5.69 Å². The molecule has 59 heavy (non-hydrogen) atoms. The Morgan fingerprint density at radius 1 is 0.407 bits per heavy atom. The Kier molecular flexibility index (Phi) is 8.68. The highest BCUT2D eigenvalue weighted by molar-refractivity contribution is 6.95. The molecule has 10 aromatic carbocycles. The largest absolute Gasteiger partial charge is 0.435 e. The molecule has 0 saturated heterocycles. The second kappa shape index (κ2) is 14.8. The number of oxazole rings is 1. The number of hydrogen-bond donors (Lipinski definition) is 0. The van der Waals surface area contributed by atoms with Crippen LogP contribution in [-0.4, -0.2) is 13.8 Å². The van der Waals surface area contributed by atoms with E-state index in [0.29, 0.717) is 5.89 Å². The third-order valence-corrected chi connectivity index (χ3v) is 14.1. The standard InChI is InChI=1S/C55H37N2OSi/c1-4-17-41(18-5-1)55-56-51-35-33-40-31-30-39-32-34-43(37-50(39)53(40)54(51)58-55)57(52-29-13-12-27-49(52)48-28-14-19-38-16-10-11-26-47(38)48)42-20-15-25-46(36-42)59(44-21-6-2-7-22-44)45-23-8-3-9-24-45/h1-37H. The van der Waals surface area contributed by atoms with E-state index < -0.39 is 8.80 Å². The fraction of sp³-hybridized carbons (Fsp3) is 0. The lowest BCUT2D eigenvalue weighted by molar-refractivity contribution is 0.623. The van der Waals surface area contributed by atoms with Gasteiger partial charge in [-0.25, -0.2) is 4.98 Å². The van der Waals surface area contributed by atoms with Gasteiger partial charge in [-0.3, -0.25) is 0 Å². The van der Waals surface area contributed by atoms with Crippen LogP contribution in [0.15, 0.2) is 229 Å². The van der Waals surface area contributed by atoms with Crippen molar-refractivity contribution in [3.05, 3.63) is 224 Å². The lowest BCUT2D eigenvalue weighted by Crippen LogP contribution is -2.51. The van der Waals surface area contributed by atoms with Crippen LogP contribution < -0.4 is 20.5 Å². The number of nitrogens with zero attached hydrogens (tertiary/aromatic N) is 2. The lowest BCUT2D eigenvalue weighted by Gasteiger charge is -2.29. The van der Waals surface area contributed by atoms with Crippen molar-refractivity contribution in [1.82, 2.24) is 4.98 Å². The molecule has 0 aliphatic heterocycles. The Balaban J connectivity index is 1.16. The molecular weight excluding hydrogens is 733 g/mol. The first-order valence-electron chi connectivity index (χ1n) is 20.0. The van der Waals surface area contributed by atoms with E-state index >= 15 is 0 Å². The molecule has 1 aromatic heterocycles. The number of anilines is 3. The average Bonchev–Trinajstić information content (AvgIpc) is 3.75. The minimum atomic E-state index is -1.34. The zero-order valence-corrected chi connectivity index (χ0v) is 33.2. The van der Waals surface area contributed by atoms with E-state index in [9.17, 15) is 0 Å². The predicted octanol–water partition coefficient (Wildman–Crippen LogP) is 12.6. The maximum atomic E-state index is 6.67. The van der Waals surface area contributed by atoms with Crippen LogP contribution in [0, 0.1) is 0 Å². The Labute approximate surface area is 344 Å². The SMILES string of the molecule is c1ccc(-c2nc3ccc4ccc5ccc(N(c6cccc([Si](c7ccccc7)c7ccccc7)c6)c6ccccc6-c6cccc7ccccc67)cc5c4c3o2)cc1. The number of rotatable bonds is 8. The second-order valence-electron chi connectivity index (χ2n) is 14.9. The number of aromatic nitrogens is 1. The number of fused-ring (bicyclic) bond motifs is 6. The molecule has 0 unspecified atom stereocenters. The van der Waals surface area contributed by atoms with Crippen molar-refractivity contribution in [1.29, 1.82) is 0 Å². The number of para-hydroxylation sites is 1. The van der Waals surface area contributed by atoms with Gasteiger partial charge in [-0.1, -0.05) is 186 Å². The monoisotopic (exact) mass is 769 g/mol. The van der Waals surface area contributed by atoms with Crippen molar-refractivity contribution in [3.63, 3.8) is 0 Å². The molecule has 0 aliphatic carbocycles. The van der Waals surface area contributed by atoms with Gasteiger partial charge in [0.2, 0.25) is 5.89 Å². The van der Waals surface area contributed by atoms with Gasteiger partial charge in [-0.05, 0) is 86.2 Å². The Morgan fingerprint density at radius 3 is 1.80 bits per heavy atom. The highest BCUT2D eigenvalue weighted by atomic mass is 28.3. The summed E-state index contributed by atoms with van der Waals surface area (Å²) in [6.07, 6.45) is 0. The summed E-state index contributed by atoms with van der Waals surface area (Å²) in [5.74, 6) is 0.623. The van der Waals surface area contributed by atoms with E-state index in [4.69, 9.17) is 9.40 Å². The van der Waals surface area contributed by atoms with Crippen molar-refractivity contribution < 1.29 is 4.42 Å². The van der Waals surface area contributed by atoms with Crippen LogP contribution in [-0.2, 0) is 0 Å². The maximum Gasteiger partial charge on any atom is 0.227 e. The summed E-state index contributed by atoms with van der Waals surface area (Å²) in [5.41, 5.74) is 8.22. The minimum absolute atomic E-state index is 0.623. The first-order valence-corrected chi connectivity index (χ1v) is 21.5. The van der Waals surface area contributed by atoms with Gasteiger partial charge in [0.25, 0.3) is 0 Å². The Hall–Kier alpha value is -7.53. The molecule has 0 atom stereocenters. The number of benzene rings is 10. The highest BCUT2D eigenvalue weighted by Gasteiger charge is 2.24. The van der Waals surface area contributed by atoms with E-state index in [-0.39, 0.29) is 0 Å². The molecule has 0 fully saturated rings. The third-order valence-electron chi connectivity index (χ3n) is 11.4. The summed E-state index contributed by atoms with van der Waals surface area (Å²) in [6.45, 7) is 0. The van der Waals surface area contributed by atoms with Crippen molar-refractivity contribution in [2.75, 3.05) is 4.90 Å². The molecule has 1 radical (unpaired) electrons. The molecule has 0 saturated carbocycles. The molecule has 0 spiro atoms. The van der Waals surface area contributed by atoms with Gasteiger partial charge in [-0.2, -0.15) is 0 Å². The molecule has 11 aromatic rings. The van der Waals surface area contributed by atoms with Crippen molar-refractivity contribution >= 4 is 84.8 Å². The summed E-state index contributed by atoms with van der Waals surface area (Å²) in [4.78, 5) is 7.41. The van der Waals surface area contributed by atoms with Gasteiger partial charge in [0, 0.05) is 27.9 Å². The quantitative estimate of drug-likeness (QED) is 0.0876. The summed E-state index contributed by atoms with van der Waals surface area (Å²) in [7, 11) is -1.34. The molecule has 277 valence electrons. The summed E-state index contributed by atoms with van der Waals surface area (Å²) >= 11 is 0.